The lowest BCUT2D eigenvalue weighted by atomic mass is 10.2. The van der Waals surface area contributed by atoms with Gasteiger partial charge in [-0.05, 0) is 35.2 Å². The molecule has 0 aliphatic carbocycles. The van der Waals surface area contributed by atoms with Gasteiger partial charge in [0.15, 0.2) is 0 Å². The van der Waals surface area contributed by atoms with E-state index in [0.717, 1.165) is 21.9 Å². The fraction of sp³-hybridized carbons (Fsp3) is 0.130. The maximum atomic E-state index is 12.5. The number of benzene rings is 1. The smallest absolute Gasteiger partial charge is 0.246 e. The summed E-state index contributed by atoms with van der Waals surface area (Å²) in [5.74, 6) is 0.665. The lowest BCUT2D eigenvalue weighted by Crippen LogP contribution is -2.23. The van der Waals surface area contributed by atoms with Crippen LogP contribution >= 0.6 is 11.3 Å². The summed E-state index contributed by atoms with van der Waals surface area (Å²) in [7, 11) is 1.76. The number of hydrogen-bond acceptors (Lipinski definition) is 4. The van der Waals surface area contributed by atoms with E-state index in [0.29, 0.717) is 13.1 Å². The highest BCUT2D eigenvalue weighted by Gasteiger charge is 2.12. The van der Waals surface area contributed by atoms with E-state index < -0.39 is 0 Å². The van der Waals surface area contributed by atoms with Crippen LogP contribution in [0.2, 0.25) is 0 Å². The third-order valence-electron chi connectivity index (χ3n) is 4.49. The van der Waals surface area contributed by atoms with Crippen LogP contribution in [0.15, 0.2) is 82.9 Å². The van der Waals surface area contributed by atoms with Gasteiger partial charge in [-0.2, -0.15) is 5.10 Å². The van der Waals surface area contributed by atoms with Gasteiger partial charge in [0.05, 0.1) is 24.2 Å². The van der Waals surface area contributed by atoms with Crippen molar-refractivity contribution in [2.75, 3.05) is 7.05 Å². The standard InChI is InChI=1S/C23H21N3O2S/c1-25(17-20-9-5-13-28-20)22(27)12-11-19-16-26(15-18-7-3-2-4-8-18)24-23(19)21-10-6-14-29-21/h2-14,16H,15,17H2,1H3/b12-11+. The van der Waals surface area contributed by atoms with Gasteiger partial charge in [-0.25, -0.2) is 0 Å². The molecule has 5 nitrogen and oxygen atoms in total. The molecule has 146 valence electrons. The molecule has 0 aliphatic heterocycles. The van der Waals surface area contributed by atoms with Gasteiger partial charge in [0.2, 0.25) is 5.91 Å². The Hall–Kier alpha value is -3.38. The molecule has 0 N–H and O–H groups in total. The molecule has 1 aromatic carbocycles. The maximum Gasteiger partial charge on any atom is 0.246 e. The highest BCUT2D eigenvalue weighted by Crippen LogP contribution is 2.28. The van der Waals surface area contributed by atoms with Gasteiger partial charge < -0.3 is 9.32 Å². The Bertz CT molecular complexity index is 1080. The van der Waals surface area contributed by atoms with Crippen LogP contribution in [0.4, 0.5) is 0 Å². The molecule has 6 heteroatoms. The molecule has 3 heterocycles. The Balaban J connectivity index is 1.55. The van der Waals surface area contributed by atoms with Gasteiger partial charge in [0.1, 0.15) is 11.5 Å². The predicted molar refractivity (Wildman–Crippen MR) is 115 cm³/mol. The van der Waals surface area contributed by atoms with Crippen molar-refractivity contribution in [3.05, 3.63) is 95.4 Å². The van der Waals surface area contributed by atoms with Crippen LogP contribution in [0.3, 0.4) is 0 Å². The molecule has 0 atom stereocenters. The molecule has 4 rings (SSSR count). The normalized spacial score (nSPS) is 11.2. The van der Waals surface area contributed by atoms with Crippen molar-refractivity contribution in [2.24, 2.45) is 0 Å². The van der Waals surface area contributed by atoms with Crippen LogP contribution in [0.5, 0.6) is 0 Å². The summed E-state index contributed by atoms with van der Waals surface area (Å²) in [6, 6.07) is 17.9. The third kappa shape index (κ3) is 4.73. The molecule has 1 amide bonds. The second-order valence-electron chi connectivity index (χ2n) is 6.70. The molecule has 0 saturated carbocycles. The zero-order valence-electron chi connectivity index (χ0n) is 16.1. The van der Waals surface area contributed by atoms with Crippen molar-refractivity contribution < 1.29 is 9.21 Å². The average Bonchev–Trinajstić information content (AvgIpc) is 3.49. The molecular weight excluding hydrogens is 382 g/mol. The van der Waals surface area contributed by atoms with Crippen molar-refractivity contribution in [1.29, 1.82) is 0 Å². The third-order valence-corrected chi connectivity index (χ3v) is 5.36. The van der Waals surface area contributed by atoms with Gasteiger partial charge in [0.25, 0.3) is 0 Å². The Kier molecular flexibility index (Phi) is 5.72. The van der Waals surface area contributed by atoms with Crippen LogP contribution < -0.4 is 0 Å². The van der Waals surface area contributed by atoms with Gasteiger partial charge in [-0.3, -0.25) is 9.48 Å². The quantitative estimate of drug-likeness (QED) is 0.411. The van der Waals surface area contributed by atoms with Crippen LogP contribution in [-0.4, -0.2) is 27.6 Å². The van der Waals surface area contributed by atoms with Crippen molar-refractivity contribution >= 4 is 23.3 Å². The van der Waals surface area contributed by atoms with Crippen molar-refractivity contribution in [3.63, 3.8) is 0 Å². The van der Waals surface area contributed by atoms with Crippen LogP contribution in [0, 0.1) is 0 Å². The maximum absolute atomic E-state index is 12.5. The SMILES string of the molecule is CN(Cc1ccco1)C(=O)/C=C/c1cn(Cc2ccccc2)nc1-c1cccs1. The largest absolute Gasteiger partial charge is 0.467 e. The number of thiophene rings is 1. The number of carbonyl (C=O) groups is 1. The first kappa shape index (κ1) is 19.0. The summed E-state index contributed by atoms with van der Waals surface area (Å²) in [5.41, 5.74) is 2.98. The summed E-state index contributed by atoms with van der Waals surface area (Å²) in [5, 5.41) is 6.80. The summed E-state index contributed by atoms with van der Waals surface area (Å²) in [6.07, 6.45) is 7.02. The van der Waals surface area contributed by atoms with Gasteiger partial charge >= 0.3 is 0 Å². The Morgan fingerprint density at radius 2 is 2.03 bits per heavy atom. The number of amides is 1. The fourth-order valence-electron chi connectivity index (χ4n) is 3.02. The first-order valence-electron chi connectivity index (χ1n) is 9.30. The molecule has 0 aliphatic rings. The number of furan rings is 1. The molecule has 0 spiro atoms. The van der Waals surface area contributed by atoms with Crippen LogP contribution in [0.25, 0.3) is 16.6 Å². The molecule has 0 bridgehead atoms. The zero-order valence-corrected chi connectivity index (χ0v) is 16.9. The lowest BCUT2D eigenvalue weighted by molar-refractivity contribution is -0.125. The highest BCUT2D eigenvalue weighted by atomic mass is 32.1. The molecule has 4 aromatic rings. The van der Waals surface area contributed by atoms with E-state index in [1.807, 2.05) is 64.8 Å². The summed E-state index contributed by atoms with van der Waals surface area (Å²) in [6.45, 7) is 1.11. The molecule has 3 aromatic heterocycles. The molecular formula is C23H21N3O2S. The number of aromatic nitrogens is 2. The topological polar surface area (TPSA) is 51.3 Å². The van der Waals surface area contributed by atoms with Crippen LogP contribution in [-0.2, 0) is 17.9 Å². The first-order chi connectivity index (χ1) is 14.2. The van der Waals surface area contributed by atoms with E-state index >= 15 is 0 Å². The monoisotopic (exact) mass is 403 g/mol. The second kappa shape index (κ2) is 8.75. The van der Waals surface area contributed by atoms with E-state index in [1.54, 1.807) is 35.6 Å². The zero-order chi connectivity index (χ0) is 20.1. The highest BCUT2D eigenvalue weighted by molar-refractivity contribution is 7.13. The van der Waals surface area contributed by atoms with E-state index in [4.69, 9.17) is 9.52 Å². The van der Waals surface area contributed by atoms with E-state index in [9.17, 15) is 4.79 Å². The molecule has 29 heavy (non-hydrogen) atoms. The van der Waals surface area contributed by atoms with Gasteiger partial charge in [-0.1, -0.05) is 36.4 Å². The minimum absolute atomic E-state index is 0.0886. The van der Waals surface area contributed by atoms with Crippen molar-refractivity contribution in [1.82, 2.24) is 14.7 Å². The summed E-state index contributed by atoms with van der Waals surface area (Å²) < 4.78 is 7.23. The molecule has 0 saturated heterocycles. The minimum atomic E-state index is -0.0886. The Morgan fingerprint density at radius 1 is 1.17 bits per heavy atom. The van der Waals surface area contributed by atoms with E-state index in [2.05, 4.69) is 12.1 Å². The lowest BCUT2D eigenvalue weighted by Gasteiger charge is -2.12. The van der Waals surface area contributed by atoms with E-state index in [-0.39, 0.29) is 5.91 Å². The fourth-order valence-corrected chi connectivity index (χ4v) is 3.75. The number of likely N-dealkylation sites (N-methyl/N-ethyl adjacent to an activating group) is 1. The predicted octanol–water partition coefficient (Wildman–Crippen LogP) is 4.92. The average molecular weight is 404 g/mol. The van der Waals surface area contributed by atoms with Crippen LogP contribution in [0.1, 0.15) is 16.9 Å². The first-order valence-corrected chi connectivity index (χ1v) is 10.2. The number of rotatable bonds is 7. The number of hydrogen-bond donors (Lipinski definition) is 0. The summed E-state index contributed by atoms with van der Waals surface area (Å²) >= 11 is 1.64. The Morgan fingerprint density at radius 3 is 2.76 bits per heavy atom. The second-order valence-corrected chi connectivity index (χ2v) is 7.65. The van der Waals surface area contributed by atoms with Gasteiger partial charge in [-0.15, -0.1) is 11.3 Å². The minimum Gasteiger partial charge on any atom is -0.467 e. The summed E-state index contributed by atoms with van der Waals surface area (Å²) in [4.78, 5) is 15.2. The number of carbonyl (C=O) groups excluding carboxylic acids is 1. The Labute approximate surface area is 173 Å². The number of nitrogens with zero attached hydrogens (tertiary/aromatic N) is 3. The molecule has 0 radical (unpaired) electrons. The van der Waals surface area contributed by atoms with Crippen molar-refractivity contribution in [2.45, 2.75) is 13.1 Å². The van der Waals surface area contributed by atoms with E-state index in [1.165, 1.54) is 5.56 Å². The van der Waals surface area contributed by atoms with Crippen molar-refractivity contribution in [3.8, 4) is 10.6 Å². The van der Waals surface area contributed by atoms with Gasteiger partial charge in [0, 0.05) is 24.9 Å². The molecule has 0 unspecified atom stereocenters. The molecule has 0 fully saturated rings.